The third-order valence-electron chi connectivity index (χ3n) is 2.60. The third-order valence-corrected chi connectivity index (χ3v) is 4.19. The lowest BCUT2D eigenvalue weighted by molar-refractivity contribution is -0.385. The van der Waals surface area contributed by atoms with E-state index >= 15 is 0 Å². The highest BCUT2D eigenvalue weighted by Crippen LogP contribution is 2.33. The molecule has 2 rings (SSSR count). The highest BCUT2D eigenvalue weighted by Gasteiger charge is 2.14. The molecule has 4 nitrogen and oxygen atoms in total. The lowest BCUT2D eigenvalue weighted by Crippen LogP contribution is -1.95. The normalized spacial score (nSPS) is 10.5. The molecule has 0 aliphatic carbocycles. The van der Waals surface area contributed by atoms with Gasteiger partial charge in [0.05, 0.1) is 4.92 Å². The van der Waals surface area contributed by atoms with E-state index in [1.807, 2.05) is 0 Å². The van der Waals surface area contributed by atoms with Crippen molar-refractivity contribution in [3.8, 4) is 0 Å². The molecule has 0 bridgehead atoms. The maximum atomic E-state index is 11.0. The molecular weight excluding hydrogens is 319 g/mol. The highest BCUT2D eigenvalue weighted by atomic mass is 35.5. The van der Waals surface area contributed by atoms with Crippen molar-refractivity contribution in [3.05, 3.63) is 62.1 Å². The van der Waals surface area contributed by atoms with Crippen molar-refractivity contribution in [1.82, 2.24) is 0 Å². The van der Waals surface area contributed by atoms with Crippen molar-refractivity contribution in [2.45, 2.75) is 10.6 Å². The molecule has 104 valence electrons. The van der Waals surface area contributed by atoms with Crippen LogP contribution in [0.25, 0.3) is 0 Å². The van der Waals surface area contributed by atoms with E-state index in [9.17, 15) is 10.1 Å². The van der Waals surface area contributed by atoms with E-state index in [2.05, 4.69) is 0 Å². The summed E-state index contributed by atoms with van der Waals surface area (Å²) >= 11 is 13.1. The van der Waals surface area contributed by atoms with E-state index in [0.717, 1.165) is 4.90 Å². The topological polar surface area (TPSA) is 69.2 Å². The molecule has 0 saturated carbocycles. The number of nitrogens with two attached hydrogens (primary N) is 1. The fourth-order valence-corrected chi connectivity index (χ4v) is 3.02. The first-order valence-corrected chi connectivity index (χ1v) is 7.32. The number of nitrogen functional groups attached to an aromatic ring is 1. The average molecular weight is 329 g/mol. The first-order valence-electron chi connectivity index (χ1n) is 5.58. The summed E-state index contributed by atoms with van der Waals surface area (Å²) in [5.74, 6) is 0.415. The van der Waals surface area contributed by atoms with E-state index in [-0.39, 0.29) is 5.69 Å². The molecule has 0 unspecified atom stereocenters. The Morgan fingerprint density at radius 2 is 1.80 bits per heavy atom. The second-order valence-electron chi connectivity index (χ2n) is 4.00. The second-order valence-corrected chi connectivity index (χ2v) is 5.89. The van der Waals surface area contributed by atoms with E-state index in [1.165, 1.54) is 17.8 Å². The molecule has 2 aromatic carbocycles. The van der Waals surface area contributed by atoms with Crippen LogP contribution in [0.15, 0.2) is 41.3 Å². The van der Waals surface area contributed by atoms with Crippen molar-refractivity contribution in [2.75, 3.05) is 5.73 Å². The van der Waals surface area contributed by atoms with Gasteiger partial charge in [-0.15, -0.1) is 11.8 Å². The molecule has 2 N–H and O–H groups in total. The Kier molecular flexibility index (Phi) is 4.75. The van der Waals surface area contributed by atoms with Crippen molar-refractivity contribution < 1.29 is 4.92 Å². The molecule has 0 aliphatic rings. The highest BCUT2D eigenvalue weighted by molar-refractivity contribution is 7.98. The number of nitro groups is 1. The summed E-state index contributed by atoms with van der Waals surface area (Å²) in [7, 11) is 0. The number of hydrogen-bond donors (Lipinski definition) is 1. The molecule has 20 heavy (non-hydrogen) atoms. The minimum atomic E-state index is -0.441. The van der Waals surface area contributed by atoms with Gasteiger partial charge in [0.2, 0.25) is 0 Å². The molecule has 0 fully saturated rings. The zero-order chi connectivity index (χ0) is 14.7. The maximum Gasteiger partial charge on any atom is 0.274 e. The van der Waals surface area contributed by atoms with Crippen LogP contribution in [-0.2, 0) is 5.75 Å². The van der Waals surface area contributed by atoms with Crippen LogP contribution >= 0.6 is 35.0 Å². The predicted octanol–water partition coefficient (Wildman–Crippen LogP) is 4.78. The molecule has 0 aliphatic heterocycles. The molecule has 0 atom stereocenters. The quantitative estimate of drug-likeness (QED) is 0.379. The van der Waals surface area contributed by atoms with Gasteiger partial charge in [-0.1, -0.05) is 23.2 Å². The van der Waals surface area contributed by atoms with Crippen LogP contribution < -0.4 is 5.73 Å². The summed E-state index contributed by atoms with van der Waals surface area (Å²) in [6.07, 6.45) is 0. The first kappa shape index (κ1) is 15.0. The maximum absolute atomic E-state index is 11.0. The number of nitrogens with zero attached hydrogens (tertiary/aromatic N) is 1. The summed E-state index contributed by atoms with van der Waals surface area (Å²) in [6.45, 7) is 0. The van der Waals surface area contributed by atoms with Gasteiger partial charge < -0.3 is 5.73 Å². The molecule has 7 heteroatoms. The largest absolute Gasteiger partial charge is 0.398 e. The second kappa shape index (κ2) is 6.35. The van der Waals surface area contributed by atoms with E-state index in [0.29, 0.717) is 27.0 Å². The van der Waals surface area contributed by atoms with Gasteiger partial charge in [0.1, 0.15) is 0 Å². The lowest BCUT2D eigenvalue weighted by atomic mass is 10.2. The Hall–Kier alpha value is -1.43. The Labute approximate surface area is 130 Å². The number of benzene rings is 2. The van der Waals surface area contributed by atoms with Gasteiger partial charge in [0, 0.05) is 38.0 Å². The van der Waals surface area contributed by atoms with Crippen LogP contribution in [0.1, 0.15) is 5.56 Å². The van der Waals surface area contributed by atoms with Crippen LogP contribution in [0.2, 0.25) is 10.0 Å². The fourth-order valence-electron chi connectivity index (χ4n) is 1.62. The van der Waals surface area contributed by atoms with Gasteiger partial charge in [-0.05, 0) is 30.3 Å². The minimum absolute atomic E-state index is 0.00518. The van der Waals surface area contributed by atoms with Crippen LogP contribution in [0, 0.1) is 10.1 Å². The monoisotopic (exact) mass is 328 g/mol. The van der Waals surface area contributed by atoms with Crippen molar-refractivity contribution in [2.24, 2.45) is 0 Å². The van der Waals surface area contributed by atoms with Gasteiger partial charge in [-0.25, -0.2) is 0 Å². The van der Waals surface area contributed by atoms with Crippen molar-refractivity contribution in [1.29, 1.82) is 0 Å². The standard InChI is InChI=1S/C13H10Cl2N2O2S/c14-9-2-1-8(12(5-9)17(18)19)7-20-13-6-10(15)3-4-11(13)16/h1-6H,7,16H2. The van der Waals surface area contributed by atoms with Gasteiger partial charge in [-0.3, -0.25) is 10.1 Å². The Bertz CT molecular complexity index is 665. The number of anilines is 1. The summed E-state index contributed by atoms with van der Waals surface area (Å²) in [4.78, 5) is 11.4. The minimum Gasteiger partial charge on any atom is -0.398 e. The molecule has 0 saturated heterocycles. The molecule has 0 aromatic heterocycles. The Morgan fingerprint density at radius 3 is 2.50 bits per heavy atom. The Morgan fingerprint density at radius 1 is 1.15 bits per heavy atom. The third kappa shape index (κ3) is 3.56. The molecule has 0 radical (unpaired) electrons. The first-order chi connectivity index (χ1) is 9.47. The van der Waals surface area contributed by atoms with Gasteiger partial charge in [-0.2, -0.15) is 0 Å². The number of thioether (sulfide) groups is 1. The van der Waals surface area contributed by atoms with Crippen LogP contribution in [0.5, 0.6) is 0 Å². The SMILES string of the molecule is Nc1ccc(Cl)cc1SCc1ccc(Cl)cc1[N+](=O)[O-]. The van der Waals surface area contributed by atoms with Gasteiger partial charge in [0.15, 0.2) is 0 Å². The number of hydrogen-bond acceptors (Lipinski definition) is 4. The number of halogens is 2. The summed E-state index contributed by atoms with van der Waals surface area (Å²) in [5.41, 5.74) is 7.03. The Balaban J connectivity index is 2.23. The van der Waals surface area contributed by atoms with Crippen LogP contribution in [-0.4, -0.2) is 4.92 Å². The van der Waals surface area contributed by atoms with Gasteiger partial charge >= 0.3 is 0 Å². The summed E-state index contributed by atoms with van der Waals surface area (Å²) < 4.78 is 0. The van der Waals surface area contributed by atoms with Crippen molar-refractivity contribution in [3.63, 3.8) is 0 Å². The molecule has 0 heterocycles. The number of nitro benzene ring substituents is 1. The van der Waals surface area contributed by atoms with Crippen molar-refractivity contribution >= 4 is 46.3 Å². The average Bonchev–Trinajstić information content (AvgIpc) is 2.40. The van der Waals surface area contributed by atoms with E-state index < -0.39 is 4.92 Å². The van der Waals surface area contributed by atoms with Crippen LogP contribution in [0.3, 0.4) is 0 Å². The molecule has 2 aromatic rings. The smallest absolute Gasteiger partial charge is 0.274 e. The molecular formula is C13H10Cl2N2O2S. The van der Waals surface area contributed by atoms with Crippen LogP contribution in [0.4, 0.5) is 11.4 Å². The summed E-state index contributed by atoms with van der Waals surface area (Å²) in [5, 5.41) is 11.9. The fraction of sp³-hybridized carbons (Fsp3) is 0.0769. The predicted molar refractivity (Wildman–Crippen MR) is 83.5 cm³/mol. The van der Waals surface area contributed by atoms with E-state index in [4.69, 9.17) is 28.9 Å². The summed E-state index contributed by atoms with van der Waals surface area (Å²) in [6, 6.07) is 9.77. The lowest BCUT2D eigenvalue weighted by Gasteiger charge is -2.07. The molecule has 0 amide bonds. The molecule has 0 spiro atoms. The zero-order valence-corrected chi connectivity index (χ0v) is 12.5. The number of rotatable bonds is 4. The van der Waals surface area contributed by atoms with E-state index in [1.54, 1.807) is 30.3 Å². The van der Waals surface area contributed by atoms with Gasteiger partial charge in [0.25, 0.3) is 5.69 Å². The zero-order valence-electron chi connectivity index (χ0n) is 10.2.